The van der Waals surface area contributed by atoms with Gasteiger partial charge in [0.25, 0.3) is 5.91 Å². The van der Waals surface area contributed by atoms with Gasteiger partial charge in [-0.05, 0) is 13.3 Å². The van der Waals surface area contributed by atoms with E-state index in [1.807, 2.05) is 0 Å². The summed E-state index contributed by atoms with van der Waals surface area (Å²) in [5, 5.41) is 3.66. The summed E-state index contributed by atoms with van der Waals surface area (Å²) in [5.41, 5.74) is 1.14. The lowest BCUT2D eigenvalue weighted by Gasteiger charge is -2.24. The van der Waals surface area contributed by atoms with Gasteiger partial charge in [-0.1, -0.05) is 5.16 Å². The Balaban J connectivity index is 1.61. The zero-order valence-corrected chi connectivity index (χ0v) is 12.5. The van der Waals surface area contributed by atoms with Crippen molar-refractivity contribution in [2.24, 2.45) is 0 Å². The SMILES string of the molecule is Cc1oncc1C(=O)N1CC[C@@H]2[C@@H]1CC(=O)N2c1cncnc1. The molecule has 0 unspecified atom stereocenters. The maximum atomic E-state index is 12.7. The summed E-state index contributed by atoms with van der Waals surface area (Å²) in [6.07, 6.45) is 7.17. The number of hydrogen-bond donors (Lipinski definition) is 0. The van der Waals surface area contributed by atoms with E-state index < -0.39 is 0 Å². The molecule has 2 atom stereocenters. The van der Waals surface area contributed by atoms with Gasteiger partial charge < -0.3 is 14.3 Å². The molecule has 2 aromatic rings. The Morgan fingerprint density at radius 3 is 2.74 bits per heavy atom. The first-order valence-electron chi connectivity index (χ1n) is 7.46. The molecule has 0 bridgehead atoms. The predicted molar refractivity (Wildman–Crippen MR) is 78.6 cm³/mol. The van der Waals surface area contributed by atoms with Gasteiger partial charge in [-0.25, -0.2) is 9.97 Å². The molecule has 0 spiro atoms. The first kappa shape index (κ1) is 13.9. The largest absolute Gasteiger partial charge is 0.361 e. The Kier molecular flexibility index (Phi) is 3.10. The summed E-state index contributed by atoms with van der Waals surface area (Å²) >= 11 is 0. The Bertz CT molecular complexity index is 759. The first-order chi connectivity index (χ1) is 11.2. The van der Waals surface area contributed by atoms with Crippen LogP contribution in [0, 0.1) is 6.92 Å². The highest BCUT2D eigenvalue weighted by molar-refractivity contribution is 6.00. The van der Waals surface area contributed by atoms with Gasteiger partial charge in [0, 0.05) is 13.0 Å². The van der Waals surface area contributed by atoms with Crippen molar-refractivity contribution < 1.29 is 14.1 Å². The van der Waals surface area contributed by atoms with E-state index in [2.05, 4.69) is 15.1 Å². The van der Waals surface area contributed by atoms with Crippen LogP contribution in [-0.4, -0.2) is 50.5 Å². The molecule has 8 heteroatoms. The summed E-state index contributed by atoms with van der Waals surface area (Å²) in [4.78, 5) is 36.5. The molecule has 2 amide bonds. The average Bonchev–Trinajstić information content (AvgIpc) is 3.22. The van der Waals surface area contributed by atoms with E-state index in [4.69, 9.17) is 4.52 Å². The fraction of sp³-hybridized carbons (Fsp3) is 0.400. The van der Waals surface area contributed by atoms with E-state index in [9.17, 15) is 9.59 Å². The van der Waals surface area contributed by atoms with E-state index in [0.717, 1.165) is 6.42 Å². The molecule has 2 saturated heterocycles. The molecule has 0 aliphatic carbocycles. The highest BCUT2D eigenvalue weighted by Gasteiger charge is 2.49. The predicted octanol–water partition coefficient (Wildman–Crippen LogP) is 0.793. The van der Waals surface area contributed by atoms with Crippen molar-refractivity contribution in [3.05, 3.63) is 36.2 Å². The van der Waals surface area contributed by atoms with Gasteiger partial charge in [-0.2, -0.15) is 0 Å². The lowest BCUT2D eigenvalue weighted by Crippen LogP contribution is -2.40. The van der Waals surface area contributed by atoms with Crippen LogP contribution in [0.4, 0.5) is 5.69 Å². The van der Waals surface area contributed by atoms with Gasteiger partial charge in [0.05, 0.1) is 36.4 Å². The number of aryl methyl sites for hydroxylation is 1. The lowest BCUT2D eigenvalue weighted by molar-refractivity contribution is -0.117. The molecule has 0 radical (unpaired) electrons. The van der Waals surface area contributed by atoms with Crippen molar-refractivity contribution in [2.45, 2.75) is 31.8 Å². The normalized spacial score (nSPS) is 23.4. The fourth-order valence-corrected chi connectivity index (χ4v) is 3.51. The quantitative estimate of drug-likeness (QED) is 0.814. The minimum absolute atomic E-state index is 0.00524. The minimum Gasteiger partial charge on any atom is -0.361 e. The number of hydrogen-bond acceptors (Lipinski definition) is 6. The number of anilines is 1. The van der Waals surface area contributed by atoms with E-state index >= 15 is 0 Å². The first-order valence-corrected chi connectivity index (χ1v) is 7.46. The highest BCUT2D eigenvalue weighted by atomic mass is 16.5. The summed E-state index contributed by atoms with van der Waals surface area (Å²) in [6.45, 7) is 2.32. The second-order valence-electron chi connectivity index (χ2n) is 5.78. The molecule has 0 N–H and O–H groups in total. The van der Waals surface area contributed by atoms with Gasteiger partial charge in [0.1, 0.15) is 17.7 Å². The van der Waals surface area contributed by atoms with Crippen molar-refractivity contribution in [2.75, 3.05) is 11.4 Å². The third-order valence-electron chi connectivity index (χ3n) is 4.56. The van der Waals surface area contributed by atoms with Gasteiger partial charge in [0.2, 0.25) is 5.91 Å². The van der Waals surface area contributed by atoms with E-state index in [0.29, 0.717) is 30.0 Å². The number of carbonyl (C=O) groups is 2. The maximum Gasteiger partial charge on any atom is 0.259 e. The zero-order chi connectivity index (χ0) is 16.0. The van der Waals surface area contributed by atoms with Crippen LogP contribution in [0.25, 0.3) is 0 Å². The highest BCUT2D eigenvalue weighted by Crippen LogP contribution is 2.36. The monoisotopic (exact) mass is 313 g/mol. The molecular formula is C15H15N5O3. The maximum absolute atomic E-state index is 12.7. The van der Waals surface area contributed by atoms with Gasteiger partial charge in [0.15, 0.2) is 0 Å². The van der Waals surface area contributed by atoms with Crippen molar-refractivity contribution in [3.8, 4) is 0 Å². The van der Waals surface area contributed by atoms with Crippen molar-refractivity contribution >= 4 is 17.5 Å². The molecule has 2 fully saturated rings. The number of rotatable bonds is 2. The summed E-state index contributed by atoms with van der Waals surface area (Å²) < 4.78 is 4.98. The summed E-state index contributed by atoms with van der Waals surface area (Å²) in [6, 6.07) is -0.165. The molecule has 2 aliphatic heterocycles. The molecule has 23 heavy (non-hydrogen) atoms. The minimum atomic E-state index is -0.135. The molecule has 118 valence electrons. The molecule has 4 heterocycles. The number of nitrogens with zero attached hydrogens (tertiary/aromatic N) is 5. The summed E-state index contributed by atoms with van der Waals surface area (Å²) in [7, 11) is 0. The summed E-state index contributed by atoms with van der Waals surface area (Å²) in [5.74, 6) is 0.362. The Morgan fingerprint density at radius 1 is 1.26 bits per heavy atom. The van der Waals surface area contributed by atoms with E-state index in [-0.39, 0.29) is 23.9 Å². The zero-order valence-electron chi connectivity index (χ0n) is 12.5. The number of amides is 2. The van der Waals surface area contributed by atoms with Crippen LogP contribution in [0.3, 0.4) is 0 Å². The van der Waals surface area contributed by atoms with Crippen molar-refractivity contribution in [1.29, 1.82) is 0 Å². The number of carbonyl (C=O) groups excluding carboxylic acids is 2. The number of aromatic nitrogens is 3. The topological polar surface area (TPSA) is 92.4 Å². The molecule has 2 aromatic heterocycles. The van der Waals surface area contributed by atoms with Crippen LogP contribution in [0.1, 0.15) is 29.0 Å². The Hall–Kier alpha value is -2.77. The molecule has 4 rings (SSSR count). The Morgan fingerprint density at radius 2 is 2.04 bits per heavy atom. The van der Waals surface area contributed by atoms with Gasteiger partial charge in [-0.15, -0.1) is 0 Å². The van der Waals surface area contributed by atoms with E-state index in [1.165, 1.54) is 12.5 Å². The second kappa shape index (κ2) is 5.15. The Labute approximate surface area is 132 Å². The van der Waals surface area contributed by atoms with Gasteiger partial charge >= 0.3 is 0 Å². The number of fused-ring (bicyclic) bond motifs is 1. The van der Waals surface area contributed by atoms with E-state index in [1.54, 1.807) is 29.1 Å². The number of likely N-dealkylation sites (tertiary alicyclic amines) is 1. The van der Waals surface area contributed by atoms with Crippen molar-refractivity contribution in [1.82, 2.24) is 20.0 Å². The standard InChI is InChI=1S/C15H15N5O3/c1-9-11(7-18-23-9)15(22)19-3-2-12-13(19)4-14(21)20(12)10-5-16-8-17-6-10/h5-8,12-13H,2-4H2,1H3/t12-,13+/m1/s1. The fourth-order valence-electron chi connectivity index (χ4n) is 3.51. The van der Waals surface area contributed by atoms with Crippen LogP contribution in [0.5, 0.6) is 0 Å². The van der Waals surface area contributed by atoms with Crippen molar-refractivity contribution in [3.63, 3.8) is 0 Å². The van der Waals surface area contributed by atoms with Crippen LogP contribution >= 0.6 is 0 Å². The van der Waals surface area contributed by atoms with Crippen LogP contribution in [0.15, 0.2) is 29.4 Å². The van der Waals surface area contributed by atoms with Crippen LogP contribution in [0.2, 0.25) is 0 Å². The lowest BCUT2D eigenvalue weighted by atomic mass is 10.1. The molecule has 0 aromatic carbocycles. The average molecular weight is 313 g/mol. The third-order valence-corrected chi connectivity index (χ3v) is 4.56. The van der Waals surface area contributed by atoms with Crippen LogP contribution in [-0.2, 0) is 4.79 Å². The molecule has 0 saturated carbocycles. The second-order valence-corrected chi connectivity index (χ2v) is 5.78. The molecular weight excluding hydrogens is 298 g/mol. The van der Waals surface area contributed by atoms with Crippen LogP contribution < -0.4 is 4.90 Å². The van der Waals surface area contributed by atoms with Gasteiger partial charge in [-0.3, -0.25) is 9.59 Å². The molecule has 2 aliphatic rings. The smallest absolute Gasteiger partial charge is 0.259 e. The molecule has 8 nitrogen and oxygen atoms in total. The third kappa shape index (κ3) is 2.09.